The molecular weight excluding hydrogens is 262 g/mol. The predicted octanol–water partition coefficient (Wildman–Crippen LogP) is 3.17. The number of rotatable bonds is 4. The molecule has 2 aromatic carbocycles. The average Bonchev–Trinajstić information content (AvgIpc) is 2.47. The van der Waals surface area contributed by atoms with Gasteiger partial charge in [-0.15, -0.1) is 0 Å². The second kappa shape index (κ2) is 5.83. The molecule has 2 aromatic rings. The molecule has 102 valence electrons. The lowest BCUT2D eigenvalue weighted by Crippen LogP contribution is -2.02. The number of hydrogen-bond acceptors (Lipinski definition) is 5. The molecule has 6 heteroatoms. The van der Waals surface area contributed by atoms with Crippen molar-refractivity contribution in [3.05, 3.63) is 64.2 Å². The van der Waals surface area contributed by atoms with E-state index in [0.717, 1.165) is 0 Å². The highest BCUT2D eigenvalue weighted by molar-refractivity contribution is 5.90. The zero-order chi connectivity index (χ0) is 14.5. The number of nitro benzene ring substituents is 1. The van der Waals surface area contributed by atoms with E-state index in [2.05, 4.69) is 4.74 Å². The summed E-state index contributed by atoms with van der Waals surface area (Å²) in [5.41, 5.74) is -0.0365. The van der Waals surface area contributed by atoms with Gasteiger partial charge < -0.3 is 9.47 Å². The Morgan fingerprint density at radius 2 is 1.85 bits per heavy atom. The van der Waals surface area contributed by atoms with Crippen LogP contribution in [0.3, 0.4) is 0 Å². The third-order valence-corrected chi connectivity index (χ3v) is 2.55. The van der Waals surface area contributed by atoms with Crippen LogP contribution in [-0.2, 0) is 4.74 Å². The van der Waals surface area contributed by atoms with Crippen LogP contribution in [0.2, 0.25) is 0 Å². The molecule has 0 aliphatic carbocycles. The summed E-state index contributed by atoms with van der Waals surface area (Å²) in [6.45, 7) is 0. The second-order valence-electron chi connectivity index (χ2n) is 3.85. The maximum absolute atomic E-state index is 11.5. The SMILES string of the molecule is COC(=O)c1ccc([N+](=O)[O-])c(Oc2ccccc2)c1. The van der Waals surface area contributed by atoms with Crippen molar-refractivity contribution in [2.24, 2.45) is 0 Å². The average molecular weight is 273 g/mol. The first-order chi connectivity index (χ1) is 9.61. The van der Waals surface area contributed by atoms with Crippen LogP contribution in [0.4, 0.5) is 5.69 Å². The fourth-order valence-electron chi connectivity index (χ4n) is 1.61. The van der Waals surface area contributed by atoms with Crippen LogP contribution in [0.5, 0.6) is 11.5 Å². The van der Waals surface area contributed by atoms with E-state index in [1.165, 1.54) is 25.3 Å². The Morgan fingerprint density at radius 1 is 1.15 bits per heavy atom. The number of carbonyl (C=O) groups excluding carboxylic acids is 1. The van der Waals surface area contributed by atoms with E-state index >= 15 is 0 Å². The van der Waals surface area contributed by atoms with Crippen molar-refractivity contribution in [3.8, 4) is 11.5 Å². The van der Waals surface area contributed by atoms with Gasteiger partial charge in [-0.1, -0.05) is 18.2 Å². The number of nitrogens with zero attached hydrogens (tertiary/aromatic N) is 1. The van der Waals surface area contributed by atoms with Crippen molar-refractivity contribution in [1.82, 2.24) is 0 Å². The molecule has 0 aliphatic rings. The molecule has 0 saturated heterocycles. The molecule has 0 atom stereocenters. The molecular formula is C14H11NO5. The number of ether oxygens (including phenoxy) is 2. The minimum absolute atomic E-state index is 0.0101. The van der Waals surface area contributed by atoms with Gasteiger partial charge in [0.15, 0.2) is 0 Å². The molecule has 0 spiro atoms. The quantitative estimate of drug-likeness (QED) is 0.485. The lowest BCUT2D eigenvalue weighted by molar-refractivity contribution is -0.385. The van der Waals surface area contributed by atoms with E-state index in [0.29, 0.717) is 5.75 Å². The van der Waals surface area contributed by atoms with E-state index in [1.807, 2.05) is 0 Å². The minimum atomic E-state index is -0.585. The van der Waals surface area contributed by atoms with E-state index in [-0.39, 0.29) is 17.0 Å². The first-order valence-electron chi connectivity index (χ1n) is 5.71. The van der Waals surface area contributed by atoms with Gasteiger partial charge in [-0.05, 0) is 18.2 Å². The van der Waals surface area contributed by atoms with E-state index in [4.69, 9.17) is 4.74 Å². The smallest absolute Gasteiger partial charge is 0.337 e. The molecule has 6 nitrogen and oxygen atoms in total. The molecule has 0 saturated carbocycles. The Hall–Kier alpha value is -2.89. The number of benzene rings is 2. The van der Waals surface area contributed by atoms with Crippen molar-refractivity contribution in [2.45, 2.75) is 0 Å². The third kappa shape index (κ3) is 2.92. The number of methoxy groups -OCH3 is 1. The van der Waals surface area contributed by atoms with Crippen molar-refractivity contribution in [2.75, 3.05) is 7.11 Å². The molecule has 0 radical (unpaired) electrons. The standard InChI is InChI=1S/C14H11NO5/c1-19-14(16)10-7-8-12(15(17)18)13(9-10)20-11-5-3-2-4-6-11/h2-9H,1H3. The Labute approximate surface area is 114 Å². The zero-order valence-corrected chi connectivity index (χ0v) is 10.6. The highest BCUT2D eigenvalue weighted by Crippen LogP contribution is 2.32. The normalized spacial score (nSPS) is 9.85. The molecule has 0 amide bonds. The van der Waals surface area contributed by atoms with Crippen LogP contribution in [-0.4, -0.2) is 18.0 Å². The Morgan fingerprint density at radius 3 is 2.45 bits per heavy atom. The Balaban J connectivity index is 2.42. The largest absolute Gasteiger partial charge is 0.465 e. The number of para-hydroxylation sites is 1. The molecule has 0 N–H and O–H groups in total. The summed E-state index contributed by atoms with van der Waals surface area (Å²) in [6, 6.07) is 12.4. The second-order valence-corrected chi connectivity index (χ2v) is 3.85. The molecule has 20 heavy (non-hydrogen) atoms. The van der Waals surface area contributed by atoms with Gasteiger partial charge in [-0.2, -0.15) is 0 Å². The number of carbonyl (C=O) groups is 1. The number of nitro groups is 1. The minimum Gasteiger partial charge on any atom is -0.465 e. The summed E-state index contributed by atoms with van der Waals surface area (Å²) in [5, 5.41) is 11.0. The number of esters is 1. The molecule has 0 aliphatic heterocycles. The Bertz CT molecular complexity index is 639. The van der Waals surface area contributed by atoms with Gasteiger partial charge in [-0.3, -0.25) is 10.1 Å². The zero-order valence-electron chi connectivity index (χ0n) is 10.6. The van der Waals surface area contributed by atoms with Crippen LogP contribution in [0.25, 0.3) is 0 Å². The monoisotopic (exact) mass is 273 g/mol. The van der Waals surface area contributed by atoms with Crippen LogP contribution in [0, 0.1) is 10.1 Å². The van der Waals surface area contributed by atoms with Crippen molar-refractivity contribution in [1.29, 1.82) is 0 Å². The molecule has 0 fully saturated rings. The summed E-state index contributed by atoms with van der Waals surface area (Å²) in [7, 11) is 1.24. The van der Waals surface area contributed by atoms with Crippen molar-refractivity contribution < 1.29 is 19.2 Å². The molecule has 0 aromatic heterocycles. The van der Waals surface area contributed by atoms with Gasteiger partial charge in [0.25, 0.3) is 0 Å². The maximum atomic E-state index is 11.5. The van der Waals surface area contributed by atoms with Crippen LogP contribution >= 0.6 is 0 Å². The first kappa shape index (κ1) is 13.5. The van der Waals surface area contributed by atoms with Crippen molar-refractivity contribution >= 4 is 11.7 Å². The van der Waals surface area contributed by atoms with Crippen molar-refractivity contribution in [3.63, 3.8) is 0 Å². The summed E-state index contributed by atoms with van der Waals surface area (Å²) in [5.74, 6) is -0.153. The summed E-state index contributed by atoms with van der Waals surface area (Å²) in [6.07, 6.45) is 0. The van der Waals surface area contributed by atoms with Crippen LogP contribution < -0.4 is 4.74 Å². The van der Waals surface area contributed by atoms with Crippen LogP contribution in [0.1, 0.15) is 10.4 Å². The van der Waals surface area contributed by atoms with E-state index < -0.39 is 10.9 Å². The topological polar surface area (TPSA) is 78.7 Å². The van der Waals surface area contributed by atoms with Crippen LogP contribution in [0.15, 0.2) is 48.5 Å². The highest BCUT2D eigenvalue weighted by Gasteiger charge is 2.19. The van der Waals surface area contributed by atoms with Gasteiger partial charge in [0.2, 0.25) is 5.75 Å². The summed E-state index contributed by atoms with van der Waals surface area (Å²) in [4.78, 5) is 21.9. The molecule has 2 rings (SSSR count). The van der Waals surface area contributed by atoms with Gasteiger partial charge >= 0.3 is 11.7 Å². The first-order valence-corrected chi connectivity index (χ1v) is 5.71. The highest BCUT2D eigenvalue weighted by atomic mass is 16.6. The van der Waals surface area contributed by atoms with Gasteiger partial charge in [0.05, 0.1) is 17.6 Å². The number of hydrogen-bond donors (Lipinski definition) is 0. The summed E-state index contributed by atoms with van der Waals surface area (Å²) >= 11 is 0. The van der Waals surface area contributed by atoms with Gasteiger partial charge in [-0.25, -0.2) is 4.79 Å². The fraction of sp³-hybridized carbons (Fsp3) is 0.0714. The third-order valence-electron chi connectivity index (χ3n) is 2.55. The summed E-state index contributed by atoms with van der Waals surface area (Å²) < 4.78 is 10.0. The Kier molecular flexibility index (Phi) is 3.95. The van der Waals surface area contributed by atoms with E-state index in [1.54, 1.807) is 30.3 Å². The molecule has 0 bridgehead atoms. The lowest BCUT2D eigenvalue weighted by Gasteiger charge is -2.07. The predicted molar refractivity (Wildman–Crippen MR) is 71.0 cm³/mol. The van der Waals surface area contributed by atoms with Gasteiger partial charge in [0.1, 0.15) is 5.75 Å². The molecule has 0 heterocycles. The molecule has 0 unspecified atom stereocenters. The fourth-order valence-corrected chi connectivity index (χ4v) is 1.61. The lowest BCUT2D eigenvalue weighted by atomic mass is 10.2. The van der Waals surface area contributed by atoms with E-state index in [9.17, 15) is 14.9 Å². The van der Waals surface area contributed by atoms with Gasteiger partial charge in [0, 0.05) is 12.1 Å². The maximum Gasteiger partial charge on any atom is 0.337 e.